The van der Waals surface area contributed by atoms with Gasteiger partial charge in [0.05, 0.1) is 0 Å². The van der Waals surface area contributed by atoms with E-state index in [9.17, 15) is 9.59 Å². The maximum absolute atomic E-state index is 11.5. The van der Waals surface area contributed by atoms with Crippen LogP contribution in [0.25, 0.3) is 11.6 Å². The zero-order valence-electron chi connectivity index (χ0n) is 12.9. The van der Waals surface area contributed by atoms with Crippen LogP contribution in [0.5, 0.6) is 0 Å². The van der Waals surface area contributed by atoms with Gasteiger partial charge in [0.2, 0.25) is 0 Å². The third-order valence-corrected chi connectivity index (χ3v) is 3.33. The molecule has 0 aromatic heterocycles. The van der Waals surface area contributed by atoms with E-state index in [4.69, 9.17) is 9.84 Å². The predicted molar refractivity (Wildman–Crippen MR) is 89.5 cm³/mol. The summed E-state index contributed by atoms with van der Waals surface area (Å²) in [6.07, 6.45) is 8.79. The molecule has 4 nitrogen and oxygen atoms in total. The summed E-state index contributed by atoms with van der Waals surface area (Å²) in [7, 11) is 0. The molecule has 0 amide bonds. The van der Waals surface area contributed by atoms with E-state index in [0.717, 1.165) is 22.8 Å². The monoisotopic (exact) mass is 310 g/mol. The number of esters is 1. The molecule has 1 aromatic rings. The molecule has 0 radical (unpaired) electrons. The second-order valence-corrected chi connectivity index (χ2v) is 5.27. The molecule has 0 aliphatic heterocycles. The minimum absolute atomic E-state index is 0.263. The summed E-state index contributed by atoms with van der Waals surface area (Å²) in [5.74, 6) is -1.35. The Balaban J connectivity index is 2.00. The van der Waals surface area contributed by atoms with Crippen molar-refractivity contribution in [3.63, 3.8) is 0 Å². The highest BCUT2D eigenvalue weighted by molar-refractivity contribution is 5.87. The van der Waals surface area contributed by atoms with Crippen molar-refractivity contribution in [1.29, 1.82) is 0 Å². The summed E-state index contributed by atoms with van der Waals surface area (Å²) in [4.78, 5) is 22.0. The summed E-state index contributed by atoms with van der Waals surface area (Å²) < 4.78 is 5.28. The second kappa shape index (κ2) is 7.40. The Morgan fingerprint density at radius 3 is 2.52 bits per heavy atom. The Morgan fingerprint density at radius 2 is 2.00 bits per heavy atom. The Labute approximate surface area is 135 Å². The minimum Gasteiger partial charge on any atom is -0.478 e. The average Bonchev–Trinajstić information content (AvgIpc) is 2.54. The first-order valence-corrected chi connectivity index (χ1v) is 7.22. The number of carboxylic acid groups (broad SMARTS) is 1. The molecule has 1 aliphatic rings. The number of carbonyl (C=O) groups is 2. The van der Waals surface area contributed by atoms with Gasteiger partial charge in [-0.15, -0.1) is 0 Å². The molecule has 0 heterocycles. The number of allylic oxidation sites excluding steroid dienone is 2. The molecular formula is C19H18O4. The Bertz CT molecular complexity index is 705. The van der Waals surface area contributed by atoms with E-state index < -0.39 is 5.97 Å². The number of aliphatic carboxylic acids is 1. The fraction of sp³-hybridized carbons (Fsp3) is 0.158. The summed E-state index contributed by atoms with van der Waals surface area (Å²) >= 11 is 0. The highest BCUT2D eigenvalue weighted by atomic mass is 16.5. The van der Waals surface area contributed by atoms with Crippen LogP contribution in [0.2, 0.25) is 0 Å². The molecule has 1 N–H and O–H groups in total. The van der Waals surface area contributed by atoms with Crippen LogP contribution < -0.4 is 0 Å². The zero-order chi connectivity index (χ0) is 16.8. The van der Waals surface area contributed by atoms with Crippen LogP contribution in [0.4, 0.5) is 0 Å². The number of hydrogen-bond acceptors (Lipinski definition) is 3. The van der Waals surface area contributed by atoms with E-state index in [1.807, 2.05) is 42.5 Å². The van der Waals surface area contributed by atoms with E-state index >= 15 is 0 Å². The molecule has 0 saturated heterocycles. The smallest absolute Gasteiger partial charge is 0.333 e. The molecule has 23 heavy (non-hydrogen) atoms. The number of ether oxygens (including phenoxy) is 1. The first-order chi connectivity index (χ1) is 11.0. The first-order valence-electron chi connectivity index (χ1n) is 7.22. The summed E-state index contributed by atoms with van der Waals surface area (Å²) in [6, 6.07) is 7.57. The third kappa shape index (κ3) is 4.81. The molecule has 0 spiro atoms. The molecule has 1 atom stereocenters. The van der Waals surface area contributed by atoms with E-state index in [-0.39, 0.29) is 12.1 Å². The molecule has 1 unspecified atom stereocenters. The van der Waals surface area contributed by atoms with Gasteiger partial charge in [-0.2, -0.15) is 0 Å². The quantitative estimate of drug-likeness (QED) is 0.666. The van der Waals surface area contributed by atoms with Gasteiger partial charge in [-0.25, -0.2) is 9.59 Å². The number of hydrogen-bond donors (Lipinski definition) is 1. The molecule has 0 bridgehead atoms. The van der Waals surface area contributed by atoms with Crippen LogP contribution in [0, 0.1) is 0 Å². The van der Waals surface area contributed by atoms with Gasteiger partial charge in [0.15, 0.2) is 0 Å². The Morgan fingerprint density at radius 1 is 1.30 bits per heavy atom. The van der Waals surface area contributed by atoms with E-state index in [1.165, 1.54) is 0 Å². The maximum atomic E-state index is 11.5. The fourth-order valence-corrected chi connectivity index (χ4v) is 2.09. The van der Waals surface area contributed by atoms with Crippen molar-refractivity contribution < 1.29 is 19.4 Å². The molecule has 1 aliphatic carbocycles. The summed E-state index contributed by atoms with van der Waals surface area (Å²) in [5.41, 5.74) is 3.28. The van der Waals surface area contributed by atoms with Gasteiger partial charge in [0.25, 0.3) is 0 Å². The fourth-order valence-electron chi connectivity index (χ4n) is 2.09. The van der Waals surface area contributed by atoms with Crippen molar-refractivity contribution in [2.75, 3.05) is 0 Å². The molecule has 0 fully saturated rings. The maximum Gasteiger partial charge on any atom is 0.333 e. The van der Waals surface area contributed by atoms with Gasteiger partial charge >= 0.3 is 11.9 Å². The van der Waals surface area contributed by atoms with Crippen molar-refractivity contribution in [3.05, 3.63) is 71.8 Å². The van der Waals surface area contributed by atoms with Crippen molar-refractivity contribution in [1.82, 2.24) is 0 Å². The van der Waals surface area contributed by atoms with Gasteiger partial charge in [-0.3, -0.25) is 0 Å². The highest BCUT2D eigenvalue weighted by Crippen LogP contribution is 2.23. The van der Waals surface area contributed by atoms with Crippen LogP contribution in [0.3, 0.4) is 0 Å². The van der Waals surface area contributed by atoms with E-state index in [1.54, 1.807) is 13.0 Å². The molecule has 1 aromatic carbocycles. The third-order valence-electron chi connectivity index (χ3n) is 3.33. The first kappa shape index (κ1) is 16.5. The second-order valence-electron chi connectivity index (χ2n) is 5.27. The highest BCUT2D eigenvalue weighted by Gasteiger charge is 2.14. The summed E-state index contributed by atoms with van der Waals surface area (Å²) in [5, 5.41) is 8.61. The van der Waals surface area contributed by atoms with Crippen LogP contribution in [0.15, 0.2) is 60.7 Å². The van der Waals surface area contributed by atoms with Gasteiger partial charge in [-0.1, -0.05) is 43.0 Å². The lowest BCUT2D eigenvalue weighted by Crippen LogP contribution is -2.17. The van der Waals surface area contributed by atoms with Crippen molar-refractivity contribution in [3.8, 4) is 0 Å². The number of carboxylic acids is 1. The van der Waals surface area contributed by atoms with Crippen LogP contribution >= 0.6 is 0 Å². The summed E-state index contributed by atoms with van der Waals surface area (Å²) in [6.45, 7) is 5.18. The van der Waals surface area contributed by atoms with Crippen LogP contribution in [0.1, 0.15) is 24.5 Å². The van der Waals surface area contributed by atoms with E-state index in [0.29, 0.717) is 12.0 Å². The SMILES string of the molecule is C=C(C)C(=O)OC1C=CC(c2ccc(/C=C/C(=O)O)cc2)=CC1. The predicted octanol–water partition coefficient (Wildman–Crippen LogP) is 3.62. The lowest BCUT2D eigenvalue weighted by Gasteiger charge is -2.17. The van der Waals surface area contributed by atoms with Crippen molar-refractivity contribution in [2.24, 2.45) is 0 Å². The standard InChI is InChI=1S/C19H18O4/c1-13(2)19(22)23-17-10-8-16(9-11-17)15-6-3-14(4-7-15)5-12-18(20)21/h3-10,12,17H,1,11H2,2H3,(H,20,21)/b12-5+. The Hall–Kier alpha value is -2.88. The lowest BCUT2D eigenvalue weighted by molar-refractivity contribution is -0.142. The number of carbonyl (C=O) groups excluding carboxylic acids is 1. The van der Waals surface area contributed by atoms with Gasteiger partial charge < -0.3 is 9.84 Å². The topological polar surface area (TPSA) is 63.6 Å². The Kier molecular flexibility index (Phi) is 5.31. The van der Waals surface area contributed by atoms with Gasteiger partial charge in [-0.05, 0) is 35.8 Å². The number of rotatable bonds is 5. The molecule has 0 saturated carbocycles. The molecule has 2 rings (SSSR count). The van der Waals surface area contributed by atoms with E-state index in [2.05, 4.69) is 6.58 Å². The van der Waals surface area contributed by atoms with Gasteiger partial charge in [0, 0.05) is 18.1 Å². The zero-order valence-corrected chi connectivity index (χ0v) is 12.9. The minimum atomic E-state index is -0.970. The lowest BCUT2D eigenvalue weighted by atomic mass is 9.97. The molecule has 4 heteroatoms. The van der Waals surface area contributed by atoms with Crippen molar-refractivity contribution in [2.45, 2.75) is 19.4 Å². The van der Waals surface area contributed by atoms with Crippen LogP contribution in [-0.4, -0.2) is 23.1 Å². The number of benzene rings is 1. The van der Waals surface area contributed by atoms with Gasteiger partial charge in [0.1, 0.15) is 6.10 Å². The molecule has 118 valence electrons. The average molecular weight is 310 g/mol. The van der Waals surface area contributed by atoms with Crippen molar-refractivity contribution >= 4 is 23.6 Å². The van der Waals surface area contributed by atoms with Crippen LogP contribution in [-0.2, 0) is 14.3 Å². The normalized spacial score (nSPS) is 16.9. The largest absolute Gasteiger partial charge is 0.478 e. The molecular weight excluding hydrogens is 292 g/mol.